The SMILES string of the molecule is CC12CCC(=O)N1c1ccccc1C(=O)N2CCCC(=O)N(Cc1ccc(F)cc1)C1CC1. The Bertz CT molecular complexity index is 1100. The first-order chi connectivity index (χ1) is 15.9. The molecule has 2 heterocycles. The molecule has 0 N–H and O–H groups in total. The summed E-state index contributed by atoms with van der Waals surface area (Å²) in [7, 11) is 0. The number of para-hydroxylation sites is 1. The molecule has 2 fully saturated rings. The van der Waals surface area contributed by atoms with Gasteiger partial charge in [-0.25, -0.2) is 4.39 Å². The first-order valence-electron chi connectivity index (χ1n) is 11.7. The fourth-order valence-corrected chi connectivity index (χ4v) is 5.17. The van der Waals surface area contributed by atoms with Crippen LogP contribution in [-0.4, -0.2) is 45.8 Å². The number of hydrogen-bond acceptors (Lipinski definition) is 3. The van der Waals surface area contributed by atoms with Gasteiger partial charge >= 0.3 is 0 Å². The lowest BCUT2D eigenvalue weighted by molar-refractivity contribution is -0.132. The average molecular weight is 450 g/mol. The molecule has 172 valence electrons. The van der Waals surface area contributed by atoms with E-state index in [4.69, 9.17) is 0 Å². The van der Waals surface area contributed by atoms with Crippen molar-refractivity contribution in [3.63, 3.8) is 0 Å². The van der Waals surface area contributed by atoms with Crippen LogP contribution in [0.2, 0.25) is 0 Å². The normalized spacial score (nSPS) is 21.8. The molecule has 0 radical (unpaired) electrons. The van der Waals surface area contributed by atoms with Crippen molar-refractivity contribution in [1.82, 2.24) is 9.80 Å². The number of halogens is 1. The number of anilines is 1. The number of nitrogens with zero attached hydrogens (tertiary/aromatic N) is 3. The first kappa shape index (κ1) is 21.6. The van der Waals surface area contributed by atoms with Gasteiger partial charge in [0.2, 0.25) is 11.8 Å². The van der Waals surface area contributed by atoms with Crippen molar-refractivity contribution >= 4 is 23.4 Å². The monoisotopic (exact) mass is 449 g/mol. The fraction of sp³-hybridized carbons (Fsp3) is 0.423. The predicted molar refractivity (Wildman–Crippen MR) is 122 cm³/mol. The van der Waals surface area contributed by atoms with Gasteiger partial charge in [-0.1, -0.05) is 24.3 Å². The van der Waals surface area contributed by atoms with Gasteiger partial charge < -0.3 is 9.80 Å². The summed E-state index contributed by atoms with van der Waals surface area (Å²) in [6.45, 7) is 2.83. The second-order valence-corrected chi connectivity index (χ2v) is 9.40. The van der Waals surface area contributed by atoms with Crippen LogP contribution in [0.1, 0.15) is 61.4 Å². The molecule has 1 unspecified atom stereocenters. The van der Waals surface area contributed by atoms with Crippen LogP contribution in [0.3, 0.4) is 0 Å². The van der Waals surface area contributed by atoms with Crippen LogP contribution in [-0.2, 0) is 16.1 Å². The molecule has 3 aliphatic rings. The van der Waals surface area contributed by atoms with E-state index in [1.807, 2.05) is 30.0 Å². The quantitative estimate of drug-likeness (QED) is 0.640. The molecule has 0 aromatic heterocycles. The highest BCUT2D eigenvalue weighted by Crippen LogP contribution is 2.44. The fourth-order valence-electron chi connectivity index (χ4n) is 5.17. The molecule has 5 rings (SSSR count). The third kappa shape index (κ3) is 3.90. The standard InChI is InChI=1S/C26H28FN3O3/c1-26-15-14-24(32)30(26)22-6-3-2-5-21(22)25(33)29(26)16-4-7-23(31)28(20-12-13-20)17-18-8-10-19(27)11-9-18/h2-3,5-6,8-11,20H,4,7,12-17H2,1H3. The Morgan fingerprint density at radius 1 is 1.12 bits per heavy atom. The van der Waals surface area contributed by atoms with E-state index in [2.05, 4.69) is 0 Å². The van der Waals surface area contributed by atoms with E-state index in [0.29, 0.717) is 50.0 Å². The number of carbonyl (C=O) groups excluding carboxylic acids is 3. The van der Waals surface area contributed by atoms with E-state index >= 15 is 0 Å². The molecule has 1 saturated heterocycles. The van der Waals surface area contributed by atoms with Crippen molar-refractivity contribution < 1.29 is 18.8 Å². The Kier molecular flexibility index (Phi) is 5.43. The van der Waals surface area contributed by atoms with Gasteiger partial charge in [0.05, 0.1) is 11.3 Å². The topological polar surface area (TPSA) is 60.9 Å². The maximum atomic E-state index is 13.3. The van der Waals surface area contributed by atoms with Gasteiger partial charge in [-0.05, 0) is 62.4 Å². The summed E-state index contributed by atoms with van der Waals surface area (Å²) in [4.78, 5) is 44.5. The predicted octanol–water partition coefficient (Wildman–Crippen LogP) is 4.10. The number of benzene rings is 2. The van der Waals surface area contributed by atoms with Crippen LogP contribution in [0.4, 0.5) is 10.1 Å². The lowest BCUT2D eigenvalue weighted by atomic mass is 9.98. The minimum absolute atomic E-state index is 0.0257. The van der Waals surface area contributed by atoms with E-state index in [0.717, 1.165) is 18.4 Å². The Morgan fingerprint density at radius 2 is 1.85 bits per heavy atom. The molecular formula is C26H28FN3O3. The van der Waals surface area contributed by atoms with Crippen molar-refractivity contribution in [1.29, 1.82) is 0 Å². The Hall–Kier alpha value is -3.22. The summed E-state index contributed by atoms with van der Waals surface area (Å²) in [6, 6.07) is 13.8. The van der Waals surface area contributed by atoms with Gasteiger partial charge in [-0.3, -0.25) is 19.3 Å². The number of rotatable bonds is 7. The van der Waals surface area contributed by atoms with Gasteiger partial charge in [-0.15, -0.1) is 0 Å². The summed E-state index contributed by atoms with van der Waals surface area (Å²) < 4.78 is 13.2. The highest BCUT2D eigenvalue weighted by atomic mass is 19.1. The third-order valence-electron chi connectivity index (χ3n) is 7.09. The van der Waals surface area contributed by atoms with E-state index < -0.39 is 5.66 Å². The van der Waals surface area contributed by atoms with Crippen LogP contribution in [0, 0.1) is 5.82 Å². The number of hydrogen-bond donors (Lipinski definition) is 0. The van der Waals surface area contributed by atoms with Gasteiger partial charge in [0.1, 0.15) is 11.5 Å². The highest BCUT2D eigenvalue weighted by molar-refractivity contribution is 6.10. The van der Waals surface area contributed by atoms with E-state index in [-0.39, 0.29) is 29.6 Å². The summed E-state index contributed by atoms with van der Waals surface area (Å²) >= 11 is 0. The Labute approximate surface area is 193 Å². The smallest absolute Gasteiger partial charge is 0.257 e. The summed E-state index contributed by atoms with van der Waals surface area (Å²) in [6.07, 6.45) is 3.82. The van der Waals surface area contributed by atoms with E-state index in [9.17, 15) is 18.8 Å². The van der Waals surface area contributed by atoms with Gasteiger partial charge in [0.15, 0.2) is 0 Å². The summed E-state index contributed by atoms with van der Waals surface area (Å²) in [5.74, 6) is -0.297. The Morgan fingerprint density at radius 3 is 2.58 bits per heavy atom. The van der Waals surface area contributed by atoms with Crippen molar-refractivity contribution in [2.45, 2.75) is 63.7 Å². The zero-order valence-corrected chi connectivity index (χ0v) is 18.8. The zero-order chi connectivity index (χ0) is 23.2. The van der Waals surface area contributed by atoms with Crippen LogP contribution >= 0.6 is 0 Å². The second-order valence-electron chi connectivity index (χ2n) is 9.40. The summed E-state index contributed by atoms with van der Waals surface area (Å²) in [5, 5.41) is 0. The number of amides is 3. The lowest BCUT2D eigenvalue weighted by Gasteiger charge is -2.48. The van der Waals surface area contributed by atoms with Crippen LogP contribution < -0.4 is 4.90 Å². The summed E-state index contributed by atoms with van der Waals surface area (Å²) in [5.41, 5.74) is 1.43. The molecule has 1 aliphatic carbocycles. The molecule has 33 heavy (non-hydrogen) atoms. The molecule has 2 aliphatic heterocycles. The van der Waals surface area contributed by atoms with Crippen molar-refractivity contribution in [2.75, 3.05) is 11.4 Å². The van der Waals surface area contributed by atoms with Crippen molar-refractivity contribution in [3.05, 3.63) is 65.5 Å². The zero-order valence-electron chi connectivity index (χ0n) is 18.8. The van der Waals surface area contributed by atoms with E-state index in [1.54, 1.807) is 28.0 Å². The van der Waals surface area contributed by atoms with Crippen molar-refractivity contribution in [2.24, 2.45) is 0 Å². The number of carbonyl (C=O) groups is 3. The molecule has 0 bridgehead atoms. The average Bonchev–Trinajstić information content (AvgIpc) is 3.60. The Balaban J connectivity index is 1.28. The maximum absolute atomic E-state index is 13.3. The number of fused-ring (bicyclic) bond motifs is 3. The highest BCUT2D eigenvalue weighted by Gasteiger charge is 2.52. The van der Waals surface area contributed by atoms with Crippen LogP contribution in [0.5, 0.6) is 0 Å². The molecule has 2 aromatic carbocycles. The van der Waals surface area contributed by atoms with Crippen molar-refractivity contribution in [3.8, 4) is 0 Å². The minimum atomic E-state index is -0.699. The van der Waals surface area contributed by atoms with Gasteiger partial charge in [0.25, 0.3) is 5.91 Å². The van der Waals surface area contributed by atoms with E-state index in [1.165, 1.54) is 12.1 Å². The molecular weight excluding hydrogens is 421 g/mol. The molecule has 2 aromatic rings. The minimum Gasteiger partial charge on any atom is -0.335 e. The largest absolute Gasteiger partial charge is 0.335 e. The molecule has 0 spiro atoms. The lowest BCUT2D eigenvalue weighted by Crippen LogP contribution is -2.62. The molecule has 1 saturated carbocycles. The maximum Gasteiger partial charge on any atom is 0.257 e. The first-order valence-corrected chi connectivity index (χ1v) is 11.7. The van der Waals surface area contributed by atoms with Gasteiger partial charge in [0, 0.05) is 32.0 Å². The molecule has 3 amide bonds. The molecule has 1 atom stereocenters. The third-order valence-corrected chi connectivity index (χ3v) is 7.09. The van der Waals surface area contributed by atoms with Crippen LogP contribution in [0.15, 0.2) is 48.5 Å². The molecule has 6 nitrogen and oxygen atoms in total. The van der Waals surface area contributed by atoms with Gasteiger partial charge in [-0.2, -0.15) is 0 Å². The molecule has 7 heteroatoms. The second kappa shape index (κ2) is 8.28. The van der Waals surface area contributed by atoms with Crippen LogP contribution in [0.25, 0.3) is 0 Å².